The molecule has 0 unspecified atom stereocenters. The first-order chi connectivity index (χ1) is 15.4. The SMILES string of the molecule is Cc1ccc(NC(=O)c2cccc(C(C)(C)C#N)c2)cc1-n1cc(-c2cccnc2)nn1. The minimum Gasteiger partial charge on any atom is -0.322 e. The van der Waals surface area contributed by atoms with Crippen LogP contribution < -0.4 is 5.32 Å². The first kappa shape index (κ1) is 20.9. The summed E-state index contributed by atoms with van der Waals surface area (Å²) in [5.41, 5.74) is 4.64. The summed E-state index contributed by atoms with van der Waals surface area (Å²) < 4.78 is 1.68. The zero-order valence-corrected chi connectivity index (χ0v) is 18.1. The smallest absolute Gasteiger partial charge is 0.255 e. The summed E-state index contributed by atoms with van der Waals surface area (Å²) in [6.07, 6.45) is 5.28. The quantitative estimate of drug-likeness (QED) is 0.503. The highest BCUT2D eigenvalue weighted by Gasteiger charge is 2.21. The van der Waals surface area contributed by atoms with E-state index in [9.17, 15) is 10.1 Å². The lowest BCUT2D eigenvalue weighted by atomic mass is 9.85. The molecule has 1 N–H and O–H groups in total. The van der Waals surface area contributed by atoms with Gasteiger partial charge in [0.1, 0.15) is 5.69 Å². The van der Waals surface area contributed by atoms with E-state index in [1.165, 1.54) is 0 Å². The first-order valence-corrected chi connectivity index (χ1v) is 10.1. The molecule has 0 spiro atoms. The molecule has 32 heavy (non-hydrogen) atoms. The Kier molecular flexibility index (Phi) is 5.52. The Balaban J connectivity index is 1.59. The highest BCUT2D eigenvalue weighted by atomic mass is 16.1. The van der Waals surface area contributed by atoms with Gasteiger partial charge in [-0.1, -0.05) is 23.4 Å². The molecule has 4 rings (SSSR count). The number of carbonyl (C=O) groups excluding carboxylic acids is 1. The van der Waals surface area contributed by atoms with E-state index < -0.39 is 5.41 Å². The van der Waals surface area contributed by atoms with E-state index in [1.54, 1.807) is 35.3 Å². The van der Waals surface area contributed by atoms with E-state index in [0.717, 1.165) is 22.4 Å². The van der Waals surface area contributed by atoms with Crippen LogP contribution in [-0.2, 0) is 5.41 Å². The van der Waals surface area contributed by atoms with Gasteiger partial charge in [0.05, 0.1) is 23.4 Å². The molecule has 0 fully saturated rings. The van der Waals surface area contributed by atoms with Crippen molar-refractivity contribution < 1.29 is 4.79 Å². The van der Waals surface area contributed by atoms with Crippen LogP contribution >= 0.6 is 0 Å². The molecular weight excluding hydrogens is 400 g/mol. The molecule has 7 nitrogen and oxygen atoms in total. The summed E-state index contributed by atoms with van der Waals surface area (Å²) in [5.74, 6) is -0.245. The van der Waals surface area contributed by atoms with E-state index in [0.29, 0.717) is 16.9 Å². The number of nitrogens with zero attached hydrogens (tertiary/aromatic N) is 5. The maximum atomic E-state index is 12.9. The summed E-state index contributed by atoms with van der Waals surface area (Å²) in [6.45, 7) is 5.63. The molecule has 2 heterocycles. The van der Waals surface area contributed by atoms with Crippen molar-refractivity contribution in [1.29, 1.82) is 5.26 Å². The average Bonchev–Trinajstić information content (AvgIpc) is 3.31. The van der Waals surface area contributed by atoms with Crippen molar-refractivity contribution in [3.8, 4) is 23.0 Å². The first-order valence-electron chi connectivity index (χ1n) is 10.1. The molecule has 0 radical (unpaired) electrons. The summed E-state index contributed by atoms with van der Waals surface area (Å²) in [5, 5.41) is 20.8. The summed E-state index contributed by atoms with van der Waals surface area (Å²) >= 11 is 0. The number of aryl methyl sites for hydroxylation is 1. The molecule has 4 aromatic rings. The predicted octanol–water partition coefficient (Wildman–Crippen LogP) is 4.69. The minimum absolute atomic E-state index is 0.245. The number of hydrogen-bond donors (Lipinski definition) is 1. The standard InChI is InChI=1S/C25H22N6O/c1-17-9-10-21(28-24(32)18-6-4-8-20(12-18)25(2,3)16-26)13-23(17)31-15-22(29-30-31)19-7-5-11-27-14-19/h4-15H,1-3H3,(H,28,32). The van der Waals surface area contributed by atoms with Crippen molar-refractivity contribution in [2.75, 3.05) is 5.32 Å². The lowest BCUT2D eigenvalue weighted by molar-refractivity contribution is 0.102. The van der Waals surface area contributed by atoms with Gasteiger partial charge in [-0.25, -0.2) is 4.68 Å². The van der Waals surface area contributed by atoms with E-state index in [4.69, 9.17) is 0 Å². The molecule has 7 heteroatoms. The zero-order valence-electron chi connectivity index (χ0n) is 18.1. The van der Waals surface area contributed by atoms with E-state index in [2.05, 4.69) is 26.7 Å². The fourth-order valence-electron chi connectivity index (χ4n) is 3.28. The topological polar surface area (TPSA) is 96.5 Å². The lowest BCUT2D eigenvalue weighted by Gasteiger charge is -2.16. The Bertz CT molecular complexity index is 1320. The number of rotatable bonds is 5. The Morgan fingerprint density at radius 1 is 1.12 bits per heavy atom. The highest BCUT2D eigenvalue weighted by Crippen LogP contribution is 2.25. The van der Waals surface area contributed by atoms with Crippen molar-refractivity contribution in [1.82, 2.24) is 20.0 Å². The van der Waals surface area contributed by atoms with Crippen LogP contribution in [0.15, 0.2) is 73.2 Å². The number of aromatic nitrogens is 4. The van der Waals surface area contributed by atoms with Crippen LogP contribution in [-0.4, -0.2) is 25.9 Å². The molecule has 2 aromatic carbocycles. The van der Waals surface area contributed by atoms with Gasteiger partial charge in [-0.05, 0) is 68.3 Å². The largest absolute Gasteiger partial charge is 0.322 e. The van der Waals surface area contributed by atoms with Crippen LogP contribution in [0.5, 0.6) is 0 Å². The van der Waals surface area contributed by atoms with Crippen LogP contribution in [0, 0.1) is 18.3 Å². The molecule has 0 bridgehead atoms. The third kappa shape index (κ3) is 4.25. The van der Waals surface area contributed by atoms with E-state index in [1.807, 2.05) is 63.4 Å². The molecule has 0 atom stereocenters. The van der Waals surface area contributed by atoms with Crippen LogP contribution in [0.2, 0.25) is 0 Å². The minimum atomic E-state index is -0.674. The second-order valence-corrected chi connectivity index (χ2v) is 8.06. The number of pyridine rings is 1. The van der Waals surface area contributed by atoms with Crippen LogP contribution in [0.25, 0.3) is 16.9 Å². The van der Waals surface area contributed by atoms with Crippen molar-refractivity contribution in [3.05, 3.63) is 89.9 Å². The van der Waals surface area contributed by atoms with Gasteiger partial charge >= 0.3 is 0 Å². The molecule has 158 valence electrons. The van der Waals surface area contributed by atoms with Gasteiger partial charge < -0.3 is 5.32 Å². The Morgan fingerprint density at radius 3 is 2.72 bits per heavy atom. The number of nitrogens with one attached hydrogen (secondary N) is 1. The van der Waals surface area contributed by atoms with Gasteiger partial charge in [0.2, 0.25) is 0 Å². The van der Waals surface area contributed by atoms with Crippen LogP contribution in [0.1, 0.15) is 35.3 Å². The van der Waals surface area contributed by atoms with Gasteiger partial charge in [0.15, 0.2) is 0 Å². The van der Waals surface area contributed by atoms with Crippen LogP contribution in [0.3, 0.4) is 0 Å². The molecule has 1 amide bonds. The van der Waals surface area contributed by atoms with Gasteiger partial charge in [-0.15, -0.1) is 5.10 Å². The number of benzene rings is 2. The summed E-state index contributed by atoms with van der Waals surface area (Å²) in [6, 6.07) is 18.8. The normalized spacial score (nSPS) is 11.1. The van der Waals surface area contributed by atoms with Crippen molar-refractivity contribution in [2.24, 2.45) is 0 Å². The molecule has 0 aliphatic rings. The number of carbonyl (C=O) groups is 1. The second-order valence-electron chi connectivity index (χ2n) is 8.06. The molecule has 0 saturated carbocycles. The summed E-state index contributed by atoms with van der Waals surface area (Å²) in [7, 11) is 0. The van der Waals surface area contributed by atoms with Gasteiger partial charge in [0, 0.05) is 29.2 Å². The molecule has 0 aliphatic carbocycles. The van der Waals surface area contributed by atoms with E-state index in [-0.39, 0.29) is 5.91 Å². The lowest BCUT2D eigenvalue weighted by Crippen LogP contribution is -2.17. The highest BCUT2D eigenvalue weighted by molar-refractivity contribution is 6.04. The zero-order chi connectivity index (χ0) is 22.7. The molecule has 2 aromatic heterocycles. The monoisotopic (exact) mass is 422 g/mol. The fourth-order valence-corrected chi connectivity index (χ4v) is 3.28. The average molecular weight is 422 g/mol. The number of hydrogen-bond acceptors (Lipinski definition) is 5. The maximum Gasteiger partial charge on any atom is 0.255 e. The number of amides is 1. The third-order valence-electron chi connectivity index (χ3n) is 5.29. The van der Waals surface area contributed by atoms with Crippen LogP contribution in [0.4, 0.5) is 5.69 Å². The summed E-state index contributed by atoms with van der Waals surface area (Å²) in [4.78, 5) is 17.0. The van der Waals surface area contributed by atoms with Crippen molar-refractivity contribution in [3.63, 3.8) is 0 Å². The third-order valence-corrected chi connectivity index (χ3v) is 5.29. The Morgan fingerprint density at radius 2 is 1.97 bits per heavy atom. The van der Waals surface area contributed by atoms with E-state index >= 15 is 0 Å². The van der Waals surface area contributed by atoms with Gasteiger partial charge in [-0.2, -0.15) is 5.26 Å². The Labute approximate surface area is 186 Å². The Hall–Kier alpha value is -4.31. The van der Waals surface area contributed by atoms with Crippen molar-refractivity contribution in [2.45, 2.75) is 26.2 Å². The van der Waals surface area contributed by atoms with Gasteiger partial charge in [-0.3, -0.25) is 9.78 Å². The van der Waals surface area contributed by atoms with Gasteiger partial charge in [0.25, 0.3) is 5.91 Å². The maximum absolute atomic E-state index is 12.9. The van der Waals surface area contributed by atoms with Crippen molar-refractivity contribution >= 4 is 11.6 Å². The molecule has 0 saturated heterocycles. The molecule has 0 aliphatic heterocycles. The second kappa shape index (κ2) is 8.44. The molecular formula is C25H22N6O. The number of nitriles is 1. The fraction of sp³-hybridized carbons (Fsp3) is 0.160. The predicted molar refractivity (Wildman–Crippen MR) is 122 cm³/mol. The number of anilines is 1.